The molecule has 3 fully saturated rings. The van der Waals surface area contributed by atoms with Gasteiger partial charge in [-0.1, -0.05) is 6.07 Å². The van der Waals surface area contributed by atoms with Crippen LogP contribution >= 0.6 is 0 Å². The molecule has 5 rings (SSSR count). The summed E-state index contributed by atoms with van der Waals surface area (Å²) in [5.74, 6) is -2.80. The zero-order chi connectivity index (χ0) is 21.8. The van der Waals surface area contributed by atoms with Crippen LogP contribution in [-0.4, -0.2) is 30.3 Å². The van der Waals surface area contributed by atoms with Crippen LogP contribution in [0.2, 0.25) is 0 Å². The number of rotatable bonds is 4. The Kier molecular flexibility index (Phi) is 4.97. The van der Waals surface area contributed by atoms with Gasteiger partial charge in [-0.2, -0.15) is 0 Å². The molecule has 160 valence electrons. The van der Waals surface area contributed by atoms with Crippen LogP contribution in [0.4, 0.5) is 14.5 Å². The fourth-order valence-electron chi connectivity index (χ4n) is 4.65. The van der Waals surface area contributed by atoms with Gasteiger partial charge in [0.2, 0.25) is 0 Å². The minimum atomic E-state index is -3.69. The minimum absolute atomic E-state index is 0.0313. The predicted octanol–water partition coefficient (Wildman–Crippen LogP) is 3.85. The molecule has 3 saturated carbocycles. The second-order valence-electron chi connectivity index (χ2n) is 8.56. The quantitative estimate of drug-likeness (QED) is 0.764. The van der Waals surface area contributed by atoms with Crippen molar-refractivity contribution in [2.75, 3.05) is 5.32 Å². The summed E-state index contributed by atoms with van der Waals surface area (Å²) < 4.78 is 53.0. The molecule has 30 heavy (non-hydrogen) atoms. The maximum atomic E-state index is 13.4. The Morgan fingerprint density at radius 1 is 1.07 bits per heavy atom. The van der Waals surface area contributed by atoms with E-state index in [1.807, 2.05) is 0 Å². The van der Waals surface area contributed by atoms with Crippen LogP contribution in [0.15, 0.2) is 41.3 Å². The molecule has 2 N–H and O–H groups in total. The Morgan fingerprint density at radius 2 is 1.73 bits per heavy atom. The van der Waals surface area contributed by atoms with E-state index in [1.165, 1.54) is 18.2 Å². The number of halogens is 2. The highest BCUT2D eigenvalue weighted by molar-refractivity contribution is 7.92. The molecule has 2 unspecified atom stereocenters. The monoisotopic (exact) mass is 435 g/mol. The number of anilines is 1. The molecule has 0 aromatic heterocycles. The Hall–Kier alpha value is -2.32. The molecule has 0 radical (unpaired) electrons. The number of carbonyl (C=O) groups is 1. The van der Waals surface area contributed by atoms with Gasteiger partial charge in [0, 0.05) is 17.3 Å². The van der Waals surface area contributed by atoms with Gasteiger partial charge in [-0.15, -0.1) is 0 Å². The third kappa shape index (κ3) is 3.41. The van der Waals surface area contributed by atoms with Crippen LogP contribution < -0.4 is 5.32 Å². The van der Waals surface area contributed by atoms with Crippen molar-refractivity contribution in [3.63, 3.8) is 0 Å². The summed E-state index contributed by atoms with van der Waals surface area (Å²) >= 11 is 0. The van der Waals surface area contributed by atoms with Crippen LogP contribution in [-0.2, 0) is 9.84 Å². The number of hydrogen-bond acceptors (Lipinski definition) is 4. The first-order valence-electron chi connectivity index (χ1n) is 9.83. The van der Waals surface area contributed by atoms with Gasteiger partial charge in [-0.25, -0.2) is 17.2 Å². The van der Waals surface area contributed by atoms with Crippen molar-refractivity contribution >= 4 is 21.4 Å². The van der Waals surface area contributed by atoms with Gasteiger partial charge in [0.15, 0.2) is 21.5 Å². The van der Waals surface area contributed by atoms with E-state index in [0.717, 1.165) is 18.6 Å². The summed E-state index contributed by atoms with van der Waals surface area (Å²) in [7, 11) is -3.69. The van der Waals surface area contributed by atoms with Crippen molar-refractivity contribution in [3.05, 3.63) is 59.2 Å². The molecule has 2 aromatic rings. The molecule has 2 bridgehead atoms. The summed E-state index contributed by atoms with van der Waals surface area (Å²) in [6, 6.07) is 7.37. The van der Waals surface area contributed by atoms with Gasteiger partial charge in [0.05, 0.1) is 15.7 Å². The van der Waals surface area contributed by atoms with Gasteiger partial charge >= 0.3 is 0 Å². The fraction of sp³-hybridized carbons (Fsp3) is 0.409. The second-order valence-corrected chi connectivity index (χ2v) is 10.8. The van der Waals surface area contributed by atoms with E-state index in [-0.39, 0.29) is 28.0 Å². The summed E-state index contributed by atoms with van der Waals surface area (Å²) in [4.78, 5) is 12.7. The molecule has 3 aliphatic rings. The van der Waals surface area contributed by atoms with Gasteiger partial charge in [-0.05, 0) is 74.8 Å². The highest BCUT2D eigenvalue weighted by atomic mass is 32.2. The molecule has 1 amide bonds. The average molecular weight is 435 g/mol. The lowest BCUT2D eigenvalue weighted by molar-refractivity contribution is -0.162. The lowest BCUT2D eigenvalue weighted by Crippen LogP contribution is -2.60. The van der Waals surface area contributed by atoms with Crippen molar-refractivity contribution in [1.82, 2.24) is 0 Å². The Morgan fingerprint density at radius 3 is 2.33 bits per heavy atom. The minimum Gasteiger partial charge on any atom is -0.390 e. The van der Waals surface area contributed by atoms with E-state index in [0.29, 0.717) is 18.4 Å². The smallest absolute Gasteiger partial charge is 0.255 e. The van der Waals surface area contributed by atoms with Gasteiger partial charge < -0.3 is 10.4 Å². The lowest BCUT2D eigenvalue weighted by Gasteiger charge is -2.56. The van der Waals surface area contributed by atoms with Crippen LogP contribution in [0.1, 0.15) is 42.1 Å². The highest BCUT2D eigenvalue weighted by Crippen LogP contribution is 2.55. The number of aliphatic hydroxyl groups is 1. The van der Waals surface area contributed by atoms with E-state index in [1.54, 1.807) is 19.9 Å². The van der Waals surface area contributed by atoms with Crippen LogP contribution in [0.3, 0.4) is 0 Å². The lowest BCUT2D eigenvalue weighted by atomic mass is 9.54. The second kappa shape index (κ2) is 7.13. The number of fused-ring (bicyclic) bond motifs is 2. The number of aryl methyl sites for hydroxylation is 1. The molecular weight excluding hydrogens is 412 g/mol. The predicted molar refractivity (Wildman–Crippen MR) is 108 cm³/mol. The molecule has 0 aliphatic heterocycles. The average Bonchev–Trinajstić information content (AvgIpc) is 2.70. The topological polar surface area (TPSA) is 83.5 Å². The number of sulfone groups is 1. The van der Waals surface area contributed by atoms with Crippen LogP contribution in [0.5, 0.6) is 0 Å². The number of hydrogen-bond donors (Lipinski definition) is 2. The zero-order valence-electron chi connectivity index (χ0n) is 16.7. The number of carbonyl (C=O) groups excluding carboxylic acids is 1. The largest absolute Gasteiger partial charge is 0.390 e. The van der Waals surface area contributed by atoms with E-state index in [2.05, 4.69) is 5.32 Å². The van der Waals surface area contributed by atoms with Crippen molar-refractivity contribution in [1.29, 1.82) is 0 Å². The third-order valence-electron chi connectivity index (χ3n) is 6.69. The molecule has 0 saturated heterocycles. The van der Waals surface area contributed by atoms with Gasteiger partial charge in [-0.3, -0.25) is 4.79 Å². The molecule has 3 aliphatic carbocycles. The molecule has 8 heteroatoms. The Labute approximate surface area is 174 Å². The third-order valence-corrected chi connectivity index (χ3v) is 9.01. The first kappa shape index (κ1) is 20.9. The standard InChI is InChI=1S/C22H23F2NO4S/c1-12-3-4-13(21(26)25-16-5-6-18(23)19(24)11-16)7-20(12)30(28,29)17-9-14-8-15(10-17)22(14,2)27/h3-7,11,14-15,17,27H,8-10H2,1-2H3,(H,25,26). The summed E-state index contributed by atoms with van der Waals surface area (Å²) in [5.41, 5.74) is -0.0894. The number of benzene rings is 2. The molecule has 0 heterocycles. The van der Waals surface area contributed by atoms with Gasteiger partial charge in [0.1, 0.15) is 0 Å². The fourth-order valence-corrected chi connectivity index (χ4v) is 6.79. The Balaban J connectivity index is 1.58. The number of amides is 1. The van der Waals surface area contributed by atoms with Gasteiger partial charge in [0.25, 0.3) is 5.91 Å². The van der Waals surface area contributed by atoms with Crippen molar-refractivity contribution in [2.24, 2.45) is 11.8 Å². The SMILES string of the molecule is Cc1ccc(C(=O)Nc2ccc(F)c(F)c2)cc1S(=O)(=O)C1CC2CC(C1)C2(C)O. The molecule has 5 nitrogen and oxygen atoms in total. The van der Waals surface area contributed by atoms with Crippen LogP contribution in [0, 0.1) is 30.4 Å². The van der Waals surface area contributed by atoms with E-state index < -0.39 is 38.2 Å². The van der Waals surface area contributed by atoms with E-state index in [9.17, 15) is 27.1 Å². The highest BCUT2D eigenvalue weighted by Gasteiger charge is 2.57. The van der Waals surface area contributed by atoms with Crippen LogP contribution in [0.25, 0.3) is 0 Å². The summed E-state index contributed by atoms with van der Waals surface area (Å²) in [6.45, 7) is 3.44. The molecule has 2 atom stereocenters. The molecular formula is C22H23F2NO4S. The summed E-state index contributed by atoms with van der Waals surface area (Å²) in [6.07, 6.45) is 1.64. The normalized spacial score (nSPS) is 28.0. The maximum Gasteiger partial charge on any atom is 0.255 e. The van der Waals surface area contributed by atoms with Crippen molar-refractivity contribution < 1.29 is 27.1 Å². The van der Waals surface area contributed by atoms with E-state index >= 15 is 0 Å². The van der Waals surface area contributed by atoms with E-state index in [4.69, 9.17) is 0 Å². The zero-order valence-corrected chi connectivity index (χ0v) is 17.5. The number of nitrogens with one attached hydrogen (secondary N) is 1. The van der Waals surface area contributed by atoms with Crippen molar-refractivity contribution in [3.8, 4) is 0 Å². The Bertz CT molecular complexity index is 1120. The maximum absolute atomic E-state index is 13.4. The summed E-state index contributed by atoms with van der Waals surface area (Å²) in [5, 5.41) is 12.3. The first-order valence-corrected chi connectivity index (χ1v) is 11.4. The molecule has 2 aromatic carbocycles. The van der Waals surface area contributed by atoms with Crippen molar-refractivity contribution in [2.45, 2.75) is 48.9 Å². The first-order chi connectivity index (χ1) is 14.0. The molecule has 0 spiro atoms.